The van der Waals surface area contributed by atoms with Crippen LogP contribution in [0.3, 0.4) is 0 Å². The van der Waals surface area contributed by atoms with Gasteiger partial charge < -0.3 is 0 Å². The molecule has 3 aromatic rings. The molecule has 1 aliphatic carbocycles. The third-order valence-corrected chi connectivity index (χ3v) is 11.3. The van der Waals surface area contributed by atoms with Crippen molar-refractivity contribution in [2.24, 2.45) is 5.92 Å². The number of alkyl halides is 4. The molecule has 7 nitrogen and oxygen atoms in total. The predicted molar refractivity (Wildman–Crippen MR) is 102 cm³/mol. The Morgan fingerprint density at radius 3 is 2.83 bits per heavy atom. The second kappa shape index (κ2) is 8.26. The Morgan fingerprint density at radius 2 is 2.10 bits per heavy atom. The van der Waals surface area contributed by atoms with Gasteiger partial charge in [0.25, 0.3) is 0 Å². The molecule has 0 unspecified atom stereocenters. The molecule has 0 radical (unpaired) electrons. The number of nitrogens with one attached hydrogen (secondary N) is 2. The maximum absolute atomic E-state index is 12.3. The van der Waals surface area contributed by atoms with E-state index in [1.807, 2.05) is 18.5 Å². The third kappa shape index (κ3) is 4.59. The van der Waals surface area contributed by atoms with Crippen molar-refractivity contribution in [3.05, 3.63) is 30.4 Å². The minimum atomic E-state index is -4.47. The Labute approximate surface area is 182 Å². The van der Waals surface area contributed by atoms with Crippen molar-refractivity contribution < 1.29 is 43.1 Å². The number of halogens is 4. The second-order valence-electron chi connectivity index (χ2n) is 7.56. The molecule has 3 atom stereocenters. The number of hydrogen-bond acceptors (Lipinski definition) is 4. The Morgan fingerprint density at radius 1 is 1.30 bits per heavy atom. The Kier molecular flexibility index (Phi) is 6.01. The fourth-order valence-electron chi connectivity index (χ4n) is 4.13. The molecule has 0 bridgehead atoms. The van der Waals surface area contributed by atoms with Crippen molar-refractivity contribution in [2.75, 3.05) is 5.75 Å². The van der Waals surface area contributed by atoms with Gasteiger partial charge in [-0.3, -0.25) is 0 Å². The number of aromatic nitrogens is 4. The summed E-state index contributed by atoms with van der Waals surface area (Å²) >= 11 is -0.979. The van der Waals surface area contributed by atoms with Gasteiger partial charge in [-0.1, -0.05) is 0 Å². The number of fused-ring (bicyclic) bond motifs is 3. The standard InChI is InChI=1S/C18H22F3IN5O2S/c1-2-11-7-12(22-26-30(28,29)6-4-18(19,20)21)8-13(11)15-9-24-16-10-25-17-14(27(15)16)3-5-23-17/h3,5,9-13,23,26H,2,4,6-8H2,1H3/q-1/t11-,12-,13+/m0/s1. The van der Waals surface area contributed by atoms with Crippen LogP contribution in [0, 0.1) is 5.92 Å². The van der Waals surface area contributed by atoms with Crippen LogP contribution in [0.15, 0.2) is 24.7 Å². The molecule has 0 aromatic carbocycles. The van der Waals surface area contributed by atoms with E-state index < -0.39 is 49.9 Å². The molecule has 3 heterocycles. The molecule has 30 heavy (non-hydrogen) atoms. The molecule has 2 N–H and O–H groups in total. The first-order chi connectivity index (χ1) is 14.2. The van der Waals surface area contributed by atoms with Gasteiger partial charge in [-0.2, -0.15) is 0 Å². The Bertz CT molecular complexity index is 1140. The zero-order valence-electron chi connectivity index (χ0n) is 16.2. The average molecular weight is 556 g/mol. The number of rotatable bonds is 7. The van der Waals surface area contributed by atoms with Crippen LogP contribution >= 0.6 is 0 Å². The van der Waals surface area contributed by atoms with Crippen molar-refractivity contribution in [1.82, 2.24) is 22.3 Å². The normalized spacial score (nSPS) is 23.1. The van der Waals surface area contributed by atoms with E-state index in [1.54, 1.807) is 6.20 Å². The van der Waals surface area contributed by atoms with Gasteiger partial charge in [-0.15, -0.1) is 0 Å². The molecule has 0 spiro atoms. The zero-order chi connectivity index (χ0) is 21.5. The minimum absolute atomic E-state index is 0.175. The Balaban J connectivity index is 1.50. The second-order valence-corrected chi connectivity index (χ2v) is 13.1. The summed E-state index contributed by atoms with van der Waals surface area (Å²) in [5.41, 5.74) is 3.56. The first-order valence-corrected chi connectivity index (χ1v) is 13.6. The number of hydrogen-bond donors (Lipinski definition) is 2. The molecular formula is C18H22F3IN5O2S-. The van der Waals surface area contributed by atoms with Crippen molar-refractivity contribution in [3.63, 3.8) is 0 Å². The van der Waals surface area contributed by atoms with Crippen molar-refractivity contribution in [3.8, 4) is 0 Å². The van der Waals surface area contributed by atoms with E-state index in [0.29, 0.717) is 5.92 Å². The fraction of sp³-hybridized carbons (Fsp3) is 0.556. The SMILES string of the molecule is CC[C@H]1C[C@H]([I-]NS(=O)(=O)CCC(F)(F)F)C[C@H]1c1cnc2cnc3[nH]ccc3n12. The quantitative estimate of drug-likeness (QED) is 0.250. The number of nitrogens with zero attached hydrogens (tertiary/aromatic N) is 3. The summed E-state index contributed by atoms with van der Waals surface area (Å²) in [4.78, 5) is 12.0. The molecule has 0 aliphatic heterocycles. The van der Waals surface area contributed by atoms with Gasteiger partial charge >= 0.3 is 183 Å². The molecule has 0 saturated heterocycles. The zero-order valence-corrected chi connectivity index (χ0v) is 19.1. The van der Waals surface area contributed by atoms with Crippen molar-refractivity contribution in [2.45, 2.75) is 48.6 Å². The van der Waals surface area contributed by atoms with Crippen molar-refractivity contribution >= 4 is 26.8 Å². The van der Waals surface area contributed by atoms with E-state index in [0.717, 1.165) is 41.8 Å². The number of sulfonamides is 1. The molecule has 166 valence electrons. The summed E-state index contributed by atoms with van der Waals surface area (Å²) in [5.74, 6) is -0.318. The van der Waals surface area contributed by atoms with Crippen LogP contribution < -0.4 is 24.4 Å². The fourth-order valence-corrected chi connectivity index (χ4v) is 9.58. The van der Waals surface area contributed by atoms with Gasteiger partial charge in [0.1, 0.15) is 0 Å². The summed E-state index contributed by atoms with van der Waals surface area (Å²) in [6.45, 7) is 2.11. The van der Waals surface area contributed by atoms with Crippen LogP contribution in [0.5, 0.6) is 0 Å². The summed E-state index contributed by atoms with van der Waals surface area (Å²) in [7, 11) is -3.90. The number of imidazole rings is 1. The van der Waals surface area contributed by atoms with Crippen molar-refractivity contribution in [1.29, 1.82) is 0 Å². The maximum atomic E-state index is 12.3. The summed E-state index contributed by atoms with van der Waals surface area (Å²) < 4.78 is 65.8. The molecule has 1 saturated carbocycles. The van der Waals surface area contributed by atoms with Crippen LogP contribution in [-0.2, 0) is 10.0 Å². The molecular weight excluding hydrogens is 534 g/mol. The molecule has 4 rings (SSSR count). The summed E-state index contributed by atoms with van der Waals surface area (Å²) in [6, 6.07) is 1.95. The summed E-state index contributed by atoms with van der Waals surface area (Å²) in [6.07, 6.45) is 2.24. The topological polar surface area (TPSA) is 92.2 Å². The monoisotopic (exact) mass is 556 g/mol. The van der Waals surface area contributed by atoms with Crippen LogP contribution in [0.4, 0.5) is 13.2 Å². The summed E-state index contributed by atoms with van der Waals surface area (Å²) in [5, 5.41) is 0. The number of aromatic amines is 1. The molecule has 1 aliphatic rings. The van der Waals surface area contributed by atoms with E-state index in [9.17, 15) is 21.6 Å². The van der Waals surface area contributed by atoms with E-state index in [1.165, 1.54) is 0 Å². The van der Waals surface area contributed by atoms with Gasteiger partial charge in [0.05, 0.1) is 0 Å². The van der Waals surface area contributed by atoms with Gasteiger partial charge in [0.2, 0.25) is 0 Å². The van der Waals surface area contributed by atoms with Crippen LogP contribution in [0.1, 0.15) is 44.2 Å². The van der Waals surface area contributed by atoms with E-state index in [4.69, 9.17) is 0 Å². The van der Waals surface area contributed by atoms with Crippen LogP contribution in [-0.4, -0.2) is 43.6 Å². The van der Waals surface area contributed by atoms with Crippen LogP contribution in [0.25, 0.3) is 16.8 Å². The first-order valence-electron chi connectivity index (χ1n) is 9.65. The van der Waals surface area contributed by atoms with Gasteiger partial charge in [0.15, 0.2) is 0 Å². The predicted octanol–water partition coefficient (Wildman–Crippen LogP) is 0.359. The molecule has 1 fully saturated rings. The van der Waals surface area contributed by atoms with E-state index in [-0.39, 0.29) is 9.84 Å². The Hall–Kier alpha value is -1.41. The van der Waals surface area contributed by atoms with Gasteiger partial charge in [-0.05, 0) is 0 Å². The van der Waals surface area contributed by atoms with E-state index in [2.05, 4.69) is 29.2 Å². The van der Waals surface area contributed by atoms with Gasteiger partial charge in [-0.25, -0.2) is 0 Å². The molecule has 0 amide bonds. The number of H-pyrrole nitrogens is 1. The average Bonchev–Trinajstić information content (AvgIpc) is 3.40. The molecule has 12 heteroatoms. The third-order valence-electron chi connectivity index (χ3n) is 5.58. The van der Waals surface area contributed by atoms with Gasteiger partial charge in [0, 0.05) is 0 Å². The van der Waals surface area contributed by atoms with Crippen LogP contribution in [0.2, 0.25) is 0 Å². The first kappa shape index (κ1) is 21.8. The molecule has 3 aromatic heterocycles. The van der Waals surface area contributed by atoms with E-state index >= 15 is 0 Å².